The molecule has 0 fully saturated rings. The van der Waals surface area contributed by atoms with Crippen molar-refractivity contribution in [2.75, 3.05) is 11.5 Å². The summed E-state index contributed by atoms with van der Waals surface area (Å²) < 4.78 is 60.2. The Balaban J connectivity index is 0. The molecular weight excluding hydrogens is 343 g/mol. The van der Waals surface area contributed by atoms with Crippen LogP contribution in [-0.4, -0.2) is 77.5 Å². The maximum absolute atomic E-state index is 10.7. The summed E-state index contributed by atoms with van der Waals surface area (Å²) >= 11 is 0. The van der Waals surface area contributed by atoms with Gasteiger partial charge in [-0.1, -0.05) is 21.6 Å². The van der Waals surface area contributed by atoms with Crippen LogP contribution in [0.1, 0.15) is 26.7 Å². The molecule has 0 aliphatic heterocycles. The zero-order valence-corrected chi connectivity index (χ0v) is 13.4. The second-order valence-corrected chi connectivity index (χ2v) is 10.2. The van der Waals surface area contributed by atoms with Crippen LogP contribution in [0, 0.1) is 0 Å². The van der Waals surface area contributed by atoms with Gasteiger partial charge in [-0.2, -0.15) is 16.8 Å². The molecule has 0 aliphatic carbocycles. The average molecular weight is 362 g/mol. The standard InChI is InChI=1S/C8H18O6S4.Na.H/c1-7(17(9,10)11)3-5-15-16-6-4-8(2)18(12,13)14;;/h7-8H,3-6H2,1-2H3,(H,9,10,11)(H,12,13,14);;. The van der Waals surface area contributed by atoms with E-state index in [2.05, 4.69) is 0 Å². The maximum atomic E-state index is 10.7. The predicted octanol–water partition coefficient (Wildman–Crippen LogP) is 1.05. The molecule has 2 atom stereocenters. The van der Waals surface area contributed by atoms with Gasteiger partial charge in [0.2, 0.25) is 0 Å². The van der Waals surface area contributed by atoms with E-state index in [0.29, 0.717) is 24.3 Å². The Hall–Kier alpha value is 1.52. The summed E-state index contributed by atoms with van der Waals surface area (Å²) in [4.78, 5) is 0. The van der Waals surface area contributed by atoms with Crippen molar-refractivity contribution in [1.82, 2.24) is 0 Å². The van der Waals surface area contributed by atoms with E-state index in [1.165, 1.54) is 35.4 Å². The van der Waals surface area contributed by atoms with Crippen molar-refractivity contribution in [3.63, 3.8) is 0 Å². The van der Waals surface area contributed by atoms with Crippen LogP contribution in [0.4, 0.5) is 0 Å². The minimum absolute atomic E-state index is 0. The molecular formula is C8H19NaO6S4. The molecule has 0 amide bonds. The topological polar surface area (TPSA) is 109 Å². The normalized spacial score (nSPS) is 15.6. The van der Waals surface area contributed by atoms with E-state index in [9.17, 15) is 16.8 Å². The molecule has 19 heavy (non-hydrogen) atoms. The van der Waals surface area contributed by atoms with E-state index in [4.69, 9.17) is 9.11 Å². The summed E-state index contributed by atoms with van der Waals surface area (Å²) in [5.41, 5.74) is 0. The van der Waals surface area contributed by atoms with Gasteiger partial charge in [0.15, 0.2) is 0 Å². The van der Waals surface area contributed by atoms with E-state index in [1.807, 2.05) is 0 Å². The van der Waals surface area contributed by atoms with Gasteiger partial charge in [0.25, 0.3) is 20.2 Å². The number of hydrogen-bond acceptors (Lipinski definition) is 6. The first-order chi connectivity index (χ1) is 8.05. The van der Waals surface area contributed by atoms with Gasteiger partial charge in [0.05, 0.1) is 10.5 Å². The summed E-state index contributed by atoms with van der Waals surface area (Å²) in [6.45, 7) is 2.86. The summed E-state index contributed by atoms with van der Waals surface area (Å²) in [6.07, 6.45) is 0.675. The molecule has 0 saturated carbocycles. The van der Waals surface area contributed by atoms with Crippen LogP contribution in [0.15, 0.2) is 0 Å². The molecule has 0 aromatic heterocycles. The fraction of sp³-hybridized carbons (Fsp3) is 1.00. The molecule has 0 saturated heterocycles. The average Bonchev–Trinajstić information content (AvgIpc) is 2.19. The van der Waals surface area contributed by atoms with Gasteiger partial charge < -0.3 is 0 Å². The Bertz CT molecular complexity index is 392. The van der Waals surface area contributed by atoms with Gasteiger partial charge in [-0.15, -0.1) is 0 Å². The molecule has 112 valence electrons. The Labute approximate surface area is 145 Å². The molecule has 11 heteroatoms. The first kappa shape index (κ1) is 22.8. The Kier molecular flexibility index (Phi) is 12.3. The first-order valence-electron chi connectivity index (χ1n) is 5.22. The van der Waals surface area contributed by atoms with Gasteiger partial charge in [-0.05, 0) is 26.7 Å². The first-order valence-corrected chi connectivity index (χ1v) is 10.7. The van der Waals surface area contributed by atoms with Crippen molar-refractivity contribution in [1.29, 1.82) is 0 Å². The molecule has 2 unspecified atom stereocenters. The van der Waals surface area contributed by atoms with Crippen LogP contribution in [-0.2, 0) is 20.2 Å². The molecule has 0 spiro atoms. The van der Waals surface area contributed by atoms with Crippen molar-refractivity contribution in [2.45, 2.75) is 37.2 Å². The van der Waals surface area contributed by atoms with E-state index in [-0.39, 0.29) is 29.6 Å². The van der Waals surface area contributed by atoms with Crippen LogP contribution in [0.3, 0.4) is 0 Å². The third-order valence-corrected chi connectivity index (χ3v) is 7.29. The molecule has 0 aliphatic rings. The van der Waals surface area contributed by atoms with Gasteiger partial charge in [-0.25, -0.2) is 0 Å². The second-order valence-electron chi connectivity index (χ2n) is 3.87. The summed E-state index contributed by atoms with van der Waals surface area (Å²) in [6, 6.07) is 0. The third kappa shape index (κ3) is 11.8. The van der Waals surface area contributed by atoms with Crippen molar-refractivity contribution in [3.8, 4) is 0 Å². The van der Waals surface area contributed by atoms with E-state index >= 15 is 0 Å². The monoisotopic (exact) mass is 362 g/mol. The van der Waals surface area contributed by atoms with Gasteiger partial charge >= 0.3 is 29.6 Å². The molecule has 0 heterocycles. The summed E-state index contributed by atoms with van der Waals surface area (Å²) in [7, 11) is -5.10. The number of hydrogen-bond donors (Lipinski definition) is 2. The summed E-state index contributed by atoms with van der Waals surface area (Å²) in [5.74, 6) is 1.09. The van der Waals surface area contributed by atoms with Gasteiger partial charge in [0.1, 0.15) is 0 Å². The van der Waals surface area contributed by atoms with Gasteiger partial charge in [-0.3, -0.25) is 9.11 Å². The Morgan fingerprint density at radius 2 is 1.11 bits per heavy atom. The predicted molar refractivity (Wildman–Crippen MR) is 83.3 cm³/mol. The zero-order valence-electron chi connectivity index (χ0n) is 10.1. The van der Waals surface area contributed by atoms with Crippen LogP contribution in [0.2, 0.25) is 0 Å². The minimum atomic E-state index is -3.96. The SMILES string of the molecule is CC(CCSSCCC(C)S(=O)(=O)O)S(=O)(=O)O.[NaH]. The third-order valence-electron chi connectivity index (χ3n) is 2.32. The zero-order chi connectivity index (χ0) is 14.4. The van der Waals surface area contributed by atoms with Crippen molar-refractivity contribution in [3.05, 3.63) is 0 Å². The quantitative estimate of drug-likeness (QED) is 0.271. The van der Waals surface area contributed by atoms with Crippen molar-refractivity contribution in [2.24, 2.45) is 0 Å². The Morgan fingerprint density at radius 1 is 0.842 bits per heavy atom. The molecule has 0 aromatic rings. The molecule has 2 N–H and O–H groups in total. The van der Waals surface area contributed by atoms with Crippen molar-refractivity contribution < 1.29 is 25.9 Å². The van der Waals surface area contributed by atoms with Crippen molar-refractivity contribution >= 4 is 71.4 Å². The van der Waals surface area contributed by atoms with E-state index in [0.717, 1.165) is 0 Å². The molecule has 6 nitrogen and oxygen atoms in total. The molecule has 0 rings (SSSR count). The molecule has 0 radical (unpaired) electrons. The van der Waals surface area contributed by atoms with E-state index in [1.54, 1.807) is 0 Å². The van der Waals surface area contributed by atoms with Crippen LogP contribution < -0.4 is 0 Å². The molecule has 0 aromatic carbocycles. The molecule has 0 bridgehead atoms. The van der Waals surface area contributed by atoms with E-state index < -0.39 is 30.7 Å². The second kappa shape index (κ2) is 10.3. The van der Waals surface area contributed by atoms with Crippen LogP contribution in [0.25, 0.3) is 0 Å². The number of rotatable bonds is 9. The fourth-order valence-electron chi connectivity index (χ4n) is 0.844. The van der Waals surface area contributed by atoms with Gasteiger partial charge in [0, 0.05) is 11.5 Å². The van der Waals surface area contributed by atoms with Crippen LogP contribution >= 0.6 is 21.6 Å². The fourth-order valence-corrected chi connectivity index (χ4v) is 4.39. The van der Waals surface area contributed by atoms with Crippen LogP contribution in [0.5, 0.6) is 0 Å². The Morgan fingerprint density at radius 3 is 1.32 bits per heavy atom. The summed E-state index contributed by atoms with van der Waals surface area (Å²) in [5, 5.41) is -1.58.